The third-order valence-electron chi connectivity index (χ3n) is 2.09. The van der Waals surface area contributed by atoms with E-state index in [1.54, 1.807) is 5.01 Å². The zero-order valence-electron chi connectivity index (χ0n) is 8.03. The molecule has 0 aliphatic carbocycles. The minimum atomic E-state index is 0.674. The van der Waals surface area contributed by atoms with E-state index in [0.717, 1.165) is 31.5 Å². The highest BCUT2D eigenvalue weighted by molar-refractivity contribution is 5.91. The topological polar surface area (TPSA) is 40.4 Å². The van der Waals surface area contributed by atoms with Crippen molar-refractivity contribution >= 4 is 11.9 Å². The van der Waals surface area contributed by atoms with Gasteiger partial charge in [0.05, 0.1) is 19.7 Å². The molecule has 0 bridgehead atoms. The average Bonchev–Trinajstić information content (AvgIpc) is 2.53. The molecular weight excluding hydrogens is 168 g/mol. The van der Waals surface area contributed by atoms with Crippen molar-refractivity contribution in [2.24, 2.45) is 10.1 Å². The summed E-state index contributed by atoms with van der Waals surface area (Å²) in [7, 11) is 1.90. The molecule has 2 heterocycles. The molecule has 2 aliphatic heterocycles. The molecule has 0 fully saturated rings. The number of hydrogen-bond donors (Lipinski definition) is 0. The molecule has 0 atom stereocenters. The van der Waals surface area contributed by atoms with Crippen LogP contribution in [0.4, 0.5) is 0 Å². The van der Waals surface area contributed by atoms with Gasteiger partial charge in [0.2, 0.25) is 11.9 Å². The van der Waals surface area contributed by atoms with Gasteiger partial charge in [-0.25, -0.2) is 10.0 Å². The van der Waals surface area contributed by atoms with E-state index in [0.29, 0.717) is 6.61 Å². The Balaban J connectivity index is 2.12. The second-order valence-corrected chi connectivity index (χ2v) is 3.05. The van der Waals surface area contributed by atoms with Crippen LogP contribution in [0.1, 0.15) is 6.92 Å². The van der Waals surface area contributed by atoms with E-state index in [9.17, 15) is 0 Å². The lowest BCUT2D eigenvalue weighted by molar-refractivity contribution is 0.272. The number of hydrogen-bond acceptors (Lipinski definition) is 5. The van der Waals surface area contributed by atoms with Crippen LogP contribution in [0.25, 0.3) is 0 Å². The summed E-state index contributed by atoms with van der Waals surface area (Å²) in [6, 6.07) is 0. The molecule has 0 aromatic carbocycles. The first kappa shape index (κ1) is 8.34. The second kappa shape index (κ2) is 3.24. The minimum Gasteiger partial charge on any atom is -0.479 e. The number of ether oxygens (including phenoxy) is 1. The van der Waals surface area contributed by atoms with E-state index in [1.165, 1.54) is 0 Å². The largest absolute Gasteiger partial charge is 0.479 e. The Labute approximate surface area is 77.7 Å². The van der Waals surface area contributed by atoms with Crippen molar-refractivity contribution in [1.29, 1.82) is 0 Å². The summed E-state index contributed by atoms with van der Waals surface area (Å²) in [5, 5.41) is 6.05. The number of nitrogens with zero attached hydrogens (tertiary/aromatic N) is 4. The van der Waals surface area contributed by atoms with Crippen LogP contribution in [0.5, 0.6) is 0 Å². The summed E-state index contributed by atoms with van der Waals surface area (Å²) in [5.74, 6) is 1.74. The average molecular weight is 182 g/mol. The van der Waals surface area contributed by atoms with E-state index in [2.05, 4.69) is 15.0 Å². The maximum absolute atomic E-state index is 5.37. The molecule has 0 aromatic rings. The smallest absolute Gasteiger partial charge is 0.226 e. The van der Waals surface area contributed by atoms with Crippen LogP contribution < -0.4 is 0 Å². The van der Waals surface area contributed by atoms with Gasteiger partial charge in [-0.05, 0) is 6.92 Å². The molecule has 0 N–H and O–H groups in total. The van der Waals surface area contributed by atoms with E-state index in [4.69, 9.17) is 4.74 Å². The minimum absolute atomic E-state index is 0.674. The Morgan fingerprint density at radius 3 is 3.15 bits per heavy atom. The quantitative estimate of drug-likeness (QED) is 0.571. The van der Waals surface area contributed by atoms with E-state index in [1.807, 2.05) is 14.0 Å². The fraction of sp³-hybridized carbons (Fsp3) is 0.750. The molecule has 0 saturated heterocycles. The molecular formula is C8H14N4O. The first-order chi connectivity index (χ1) is 6.31. The molecule has 2 rings (SSSR count). The Hall–Kier alpha value is -1.26. The monoisotopic (exact) mass is 182 g/mol. The van der Waals surface area contributed by atoms with Gasteiger partial charge in [-0.15, -0.1) is 5.10 Å². The molecule has 0 spiro atoms. The molecule has 0 aromatic heterocycles. The summed E-state index contributed by atoms with van der Waals surface area (Å²) in [6.45, 7) is 5.25. The summed E-state index contributed by atoms with van der Waals surface area (Å²) < 4.78 is 5.37. The van der Waals surface area contributed by atoms with E-state index < -0.39 is 0 Å². The molecule has 0 saturated carbocycles. The number of rotatable bonds is 1. The molecule has 0 amide bonds. The van der Waals surface area contributed by atoms with Gasteiger partial charge in [-0.2, -0.15) is 0 Å². The van der Waals surface area contributed by atoms with Crippen LogP contribution in [0, 0.1) is 0 Å². The van der Waals surface area contributed by atoms with E-state index in [-0.39, 0.29) is 0 Å². The fourth-order valence-electron chi connectivity index (χ4n) is 1.58. The summed E-state index contributed by atoms with van der Waals surface area (Å²) >= 11 is 0. The van der Waals surface area contributed by atoms with Crippen molar-refractivity contribution in [3.8, 4) is 0 Å². The van der Waals surface area contributed by atoms with Crippen LogP contribution >= 0.6 is 0 Å². The molecule has 0 unspecified atom stereocenters. The standard InChI is InChI=1S/C8H14N4O/c1-3-13-7-6-12-5-4-9-8(12)11(2)10-7/h3-6H2,1-2H3. The molecule has 13 heavy (non-hydrogen) atoms. The van der Waals surface area contributed by atoms with Gasteiger partial charge in [0.1, 0.15) is 0 Å². The fourth-order valence-corrected chi connectivity index (χ4v) is 1.58. The Kier molecular flexibility index (Phi) is 2.08. The van der Waals surface area contributed by atoms with Crippen molar-refractivity contribution < 1.29 is 4.74 Å². The highest BCUT2D eigenvalue weighted by Gasteiger charge is 2.26. The second-order valence-electron chi connectivity index (χ2n) is 3.05. The van der Waals surface area contributed by atoms with Crippen LogP contribution in [-0.4, -0.2) is 55.1 Å². The van der Waals surface area contributed by atoms with Gasteiger partial charge in [0.15, 0.2) is 0 Å². The highest BCUT2D eigenvalue weighted by atomic mass is 16.5. The van der Waals surface area contributed by atoms with Crippen LogP contribution in [0.3, 0.4) is 0 Å². The SMILES string of the molecule is CCOC1=NN(C)C2=NCCN2C1. The zero-order valence-corrected chi connectivity index (χ0v) is 8.03. The van der Waals surface area contributed by atoms with Crippen LogP contribution in [0.15, 0.2) is 10.1 Å². The Morgan fingerprint density at radius 1 is 1.54 bits per heavy atom. The first-order valence-electron chi connectivity index (χ1n) is 4.54. The number of guanidine groups is 1. The summed E-state index contributed by atoms with van der Waals surface area (Å²) in [5.41, 5.74) is 0. The zero-order chi connectivity index (χ0) is 9.26. The third kappa shape index (κ3) is 1.46. The van der Waals surface area contributed by atoms with Crippen molar-refractivity contribution in [1.82, 2.24) is 9.91 Å². The maximum Gasteiger partial charge on any atom is 0.226 e. The number of fused-ring (bicyclic) bond motifs is 1. The van der Waals surface area contributed by atoms with Crippen molar-refractivity contribution in [2.45, 2.75) is 6.92 Å². The van der Waals surface area contributed by atoms with Crippen molar-refractivity contribution in [3.63, 3.8) is 0 Å². The van der Waals surface area contributed by atoms with Gasteiger partial charge >= 0.3 is 0 Å². The lowest BCUT2D eigenvalue weighted by Gasteiger charge is -2.29. The van der Waals surface area contributed by atoms with E-state index >= 15 is 0 Å². The Bertz CT molecular complexity index is 261. The van der Waals surface area contributed by atoms with Gasteiger partial charge in [-0.1, -0.05) is 0 Å². The Morgan fingerprint density at radius 2 is 2.38 bits per heavy atom. The van der Waals surface area contributed by atoms with Gasteiger partial charge < -0.3 is 9.64 Å². The number of hydrazone groups is 1. The van der Waals surface area contributed by atoms with Gasteiger partial charge in [0, 0.05) is 13.6 Å². The molecule has 72 valence electrons. The first-order valence-corrected chi connectivity index (χ1v) is 4.54. The normalized spacial score (nSPS) is 21.1. The number of aliphatic imine (C=N–C) groups is 1. The molecule has 5 nitrogen and oxygen atoms in total. The van der Waals surface area contributed by atoms with Crippen molar-refractivity contribution in [3.05, 3.63) is 0 Å². The van der Waals surface area contributed by atoms with Crippen LogP contribution in [0.2, 0.25) is 0 Å². The molecule has 2 aliphatic rings. The maximum atomic E-state index is 5.37. The summed E-state index contributed by atoms with van der Waals surface area (Å²) in [4.78, 5) is 6.52. The predicted molar refractivity (Wildman–Crippen MR) is 50.7 cm³/mol. The highest BCUT2D eigenvalue weighted by Crippen LogP contribution is 2.10. The van der Waals surface area contributed by atoms with Gasteiger partial charge in [0.25, 0.3) is 0 Å². The lowest BCUT2D eigenvalue weighted by Crippen LogP contribution is -2.45. The molecule has 0 radical (unpaired) electrons. The van der Waals surface area contributed by atoms with Crippen LogP contribution in [-0.2, 0) is 4.74 Å². The predicted octanol–water partition coefficient (Wildman–Crippen LogP) is -0.0466. The molecule has 5 heteroatoms. The van der Waals surface area contributed by atoms with Gasteiger partial charge in [-0.3, -0.25) is 0 Å². The lowest BCUT2D eigenvalue weighted by atomic mass is 10.5. The summed E-state index contributed by atoms with van der Waals surface area (Å²) in [6.07, 6.45) is 0. The third-order valence-corrected chi connectivity index (χ3v) is 2.09. The van der Waals surface area contributed by atoms with Crippen molar-refractivity contribution in [2.75, 3.05) is 33.3 Å².